The quantitative estimate of drug-likeness (QED) is 0.863. The molecule has 0 unspecified atom stereocenters. The van der Waals surface area contributed by atoms with Gasteiger partial charge in [0.25, 0.3) is 5.91 Å². The fourth-order valence-corrected chi connectivity index (χ4v) is 3.10. The maximum Gasteiger partial charge on any atom is 0.257 e. The molecule has 1 aromatic heterocycles. The van der Waals surface area contributed by atoms with Crippen LogP contribution in [0.1, 0.15) is 27.4 Å². The summed E-state index contributed by atoms with van der Waals surface area (Å²) in [4.78, 5) is 16.8. The number of amides is 1. The topological polar surface area (TPSA) is 36.7 Å². The minimum atomic E-state index is 0.0745. The van der Waals surface area contributed by atoms with E-state index in [0.717, 1.165) is 43.5 Å². The molecule has 1 saturated heterocycles. The van der Waals surface area contributed by atoms with Crippen molar-refractivity contribution < 1.29 is 9.21 Å². The van der Waals surface area contributed by atoms with Crippen molar-refractivity contribution in [3.8, 4) is 0 Å². The zero-order valence-electron chi connectivity index (χ0n) is 13.5. The first kappa shape index (κ1) is 16.1. The van der Waals surface area contributed by atoms with Gasteiger partial charge in [-0.1, -0.05) is 23.7 Å². The molecule has 1 aliphatic rings. The van der Waals surface area contributed by atoms with Crippen LogP contribution in [0, 0.1) is 13.8 Å². The molecule has 23 heavy (non-hydrogen) atoms. The Morgan fingerprint density at radius 3 is 2.35 bits per heavy atom. The molecule has 1 aliphatic heterocycles. The molecule has 0 spiro atoms. The predicted octanol–water partition coefficient (Wildman–Crippen LogP) is 3.51. The van der Waals surface area contributed by atoms with Gasteiger partial charge in [0, 0.05) is 37.7 Å². The number of furan rings is 1. The van der Waals surface area contributed by atoms with E-state index in [4.69, 9.17) is 16.0 Å². The van der Waals surface area contributed by atoms with Gasteiger partial charge < -0.3 is 9.32 Å². The first-order chi connectivity index (χ1) is 11.0. The molecule has 0 atom stereocenters. The lowest BCUT2D eigenvalue weighted by Crippen LogP contribution is -2.48. The van der Waals surface area contributed by atoms with Crippen LogP contribution in [0.5, 0.6) is 0 Å². The van der Waals surface area contributed by atoms with Crippen molar-refractivity contribution in [3.63, 3.8) is 0 Å². The molecule has 2 aromatic rings. The van der Waals surface area contributed by atoms with E-state index in [1.807, 2.05) is 36.9 Å². The van der Waals surface area contributed by atoms with Gasteiger partial charge in [-0.2, -0.15) is 0 Å². The van der Waals surface area contributed by atoms with Gasteiger partial charge in [0.15, 0.2) is 0 Å². The Labute approximate surface area is 141 Å². The number of hydrogen-bond acceptors (Lipinski definition) is 3. The van der Waals surface area contributed by atoms with E-state index in [1.54, 1.807) is 0 Å². The minimum absolute atomic E-state index is 0.0745. The van der Waals surface area contributed by atoms with E-state index in [1.165, 1.54) is 5.56 Å². The molecule has 1 amide bonds. The van der Waals surface area contributed by atoms with Crippen LogP contribution in [0.2, 0.25) is 5.02 Å². The number of rotatable bonds is 3. The third kappa shape index (κ3) is 3.77. The van der Waals surface area contributed by atoms with E-state index >= 15 is 0 Å². The fraction of sp³-hybridized carbons (Fsp3) is 0.389. The van der Waals surface area contributed by atoms with Crippen molar-refractivity contribution in [1.29, 1.82) is 0 Å². The Morgan fingerprint density at radius 2 is 1.78 bits per heavy atom. The van der Waals surface area contributed by atoms with Crippen molar-refractivity contribution >= 4 is 17.5 Å². The highest BCUT2D eigenvalue weighted by Crippen LogP contribution is 2.18. The summed E-state index contributed by atoms with van der Waals surface area (Å²) in [6.45, 7) is 7.86. The molecular weight excluding hydrogens is 312 g/mol. The second kappa shape index (κ2) is 6.77. The van der Waals surface area contributed by atoms with Crippen LogP contribution < -0.4 is 0 Å². The maximum atomic E-state index is 12.6. The summed E-state index contributed by atoms with van der Waals surface area (Å²) in [6, 6.07) is 9.77. The van der Waals surface area contributed by atoms with Crippen molar-refractivity contribution in [3.05, 3.63) is 58.0 Å². The van der Waals surface area contributed by atoms with Crippen LogP contribution in [0.25, 0.3) is 0 Å². The average Bonchev–Trinajstić information content (AvgIpc) is 2.88. The van der Waals surface area contributed by atoms with E-state index < -0.39 is 0 Å². The van der Waals surface area contributed by atoms with Crippen molar-refractivity contribution in [2.24, 2.45) is 0 Å². The van der Waals surface area contributed by atoms with Crippen LogP contribution in [0.15, 0.2) is 34.7 Å². The number of piperazine rings is 1. The molecule has 4 nitrogen and oxygen atoms in total. The third-order valence-corrected chi connectivity index (χ3v) is 4.50. The summed E-state index contributed by atoms with van der Waals surface area (Å²) in [7, 11) is 0. The third-order valence-electron chi connectivity index (χ3n) is 4.25. The SMILES string of the molecule is Cc1cc(C(=O)N2CCN(Cc3ccc(Cl)cc3)CC2)c(C)o1. The molecule has 1 aromatic carbocycles. The first-order valence-corrected chi connectivity index (χ1v) is 8.24. The largest absolute Gasteiger partial charge is 0.466 e. The summed E-state index contributed by atoms with van der Waals surface area (Å²) in [5.41, 5.74) is 1.93. The standard InChI is InChI=1S/C18H21ClN2O2/c1-13-11-17(14(2)23-13)18(22)21-9-7-20(8-10-21)12-15-3-5-16(19)6-4-15/h3-6,11H,7-10,12H2,1-2H3. The highest BCUT2D eigenvalue weighted by atomic mass is 35.5. The number of hydrogen-bond donors (Lipinski definition) is 0. The van der Waals surface area contributed by atoms with Gasteiger partial charge in [-0.3, -0.25) is 9.69 Å². The number of nitrogens with zero attached hydrogens (tertiary/aromatic N) is 2. The summed E-state index contributed by atoms with van der Waals surface area (Å²) < 4.78 is 5.47. The van der Waals surface area contributed by atoms with Crippen LogP contribution in [-0.2, 0) is 6.54 Å². The molecule has 0 N–H and O–H groups in total. The zero-order chi connectivity index (χ0) is 16.4. The van der Waals surface area contributed by atoms with Gasteiger partial charge in [0.05, 0.1) is 5.56 Å². The fourth-order valence-electron chi connectivity index (χ4n) is 2.97. The maximum absolute atomic E-state index is 12.6. The number of carbonyl (C=O) groups is 1. The summed E-state index contributed by atoms with van der Waals surface area (Å²) in [6.07, 6.45) is 0. The Hall–Kier alpha value is -1.78. The average molecular weight is 333 g/mol. The lowest BCUT2D eigenvalue weighted by Gasteiger charge is -2.34. The molecule has 2 heterocycles. The second-order valence-electron chi connectivity index (χ2n) is 6.02. The van der Waals surface area contributed by atoms with E-state index in [2.05, 4.69) is 17.0 Å². The molecule has 0 bridgehead atoms. The van der Waals surface area contributed by atoms with Crippen molar-refractivity contribution in [1.82, 2.24) is 9.80 Å². The number of benzene rings is 1. The smallest absolute Gasteiger partial charge is 0.257 e. The normalized spacial score (nSPS) is 15.9. The monoisotopic (exact) mass is 332 g/mol. The lowest BCUT2D eigenvalue weighted by molar-refractivity contribution is 0.0627. The molecule has 0 radical (unpaired) electrons. The summed E-state index contributed by atoms with van der Waals surface area (Å²) in [5, 5.41) is 0.759. The first-order valence-electron chi connectivity index (χ1n) is 7.86. The lowest BCUT2D eigenvalue weighted by atomic mass is 10.1. The van der Waals surface area contributed by atoms with Gasteiger partial charge in [0.2, 0.25) is 0 Å². The van der Waals surface area contributed by atoms with Gasteiger partial charge in [-0.25, -0.2) is 0 Å². The summed E-state index contributed by atoms with van der Waals surface area (Å²) >= 11 is 5.92. The highest BCUT2D eigenvalue weighted by molar-refractivity contribution is 6.30. The molecule has 122 valence electrons. The van der Waals surface area contributed by atoms with Crippen LogP contribution in [-0.4, -0.2) is 41.9 Å². The Morgan fingerprint density at radius 1 is 1.13 bits per heavy atom. The number of aryl methyl sites for hydroxylation is 2. The van der Waals surface area contributed by atoms with Crippen molar-refractivity contribution in [2.75, 3.05) is 26.2 Å². The summed E-state index contributed by atoms with van der Waals surface area (Å²) in [5.74, 6) is 1.56. The van der Waals surface area contributed by atoms with Crippen molar-refractivity contribution in [2.45, 2.75) is 20.4 Å². The Kier molecular flexibility index (Phi) is 4.74. The van der Waals surface area contributed by atoms with E-state index in [9.17, 15) is 4.79 Å². The molecule has 0 aliphatic carbocycles. The molecule has 3 rings (SSSR count). The molecule has 1 fully saturated rings. The van der Waals surface area contributed by atoms with Gasteiger partial charge in [-0.05, 0) is 37.6 Å². The van der Waals surface area contributed by atoms with Crippen LogP contribution >= 0.6 is 11.6 Å². The number of carbonyl (C=O) groups excluding carboxylic acids is 1. The highest BCUT2D eigenvalue weighted by Gasteiger charge is 2.24. The van der Waals surface area contributed by atoms with Crippen LogP contribution in [0.4, 0.5) is 0 Å². The molecule has 5 heteroatoms. The predicted molar refractivity (Wildman–Crippen MR) is 90.8 cm³/mol. The Balaban J connectivity index is 1.57. The number of halogens is 1. The molecule has 0 saturated carbocycles. The molecular formula is C18H21ClN2O2. The zero-order valence-corrected chi connectivity index (χ0v) is 14.3. The van der Waals surface area contributed by atoms with Crippen LogP contribution in [0.3, 0.4) is 0 Å². The minimum Gasteiger partial charge on any atom is -0.466 e. The second-order valence-corrected chi connectivity index (χ2v) is 6.46. The van der Waals surface area contributed by atoms with E-state index in [0.29, 0.717) is 11.3 Å². The van der Waals surface area contributed by atoms with Gasteiger partial charge in [-0.15, -0.1) is 0 Å². The van der Waals surface area contributed by atoms with Gasteiger partial charge in [0.1, 0.15) is 11.5 Å². The Bertz CT molecular complexity index is 686. The van der Waals surface area contributed by atoms with E-state index in [-0.39, 0.29) is 5.91 Å². The van der Waals surface area contributed by atoms with Gasteiger partial charge >= 0.3 is 0 Å².